The standard InChI is InChI=1S/C38H74N2O5S2/c1-5-7-9-11-13-15-17-19-21-23-25-27-29-32(30-28-26-24-22-20-18-16-14-12-10-8-6-2)35(41)36(34(40)38(43)45-4)47-46-31-33(39)37(42)44-3/h32-34,36H,5-31,39-40H2,1-4H3/t33-,34-,36?/m0/s1. The largest absolute Gasteiger partial charge is 0.468 e. The number of nitrogens with two attached hydrogens (primary N) is 2. The van der Waals surface area contributed by atoms with Crippen LogP contribution < -0.4 is 11.5 Å². The lowest BCUT2D eigenvalue weighted by Gasteiger charge is -2.25. The van der Waals surface area contributed by atoms with E-state index < -0.39 is 29.3 Å². The van der Waals surface area contributed by atoms with Crippen molar-refractivity contribution >= 4 is 39.3 Å². The van der Waals surface area contributed by atoms with Gasteiger partial charge in [-0.1, -0.05) is 190 Å². The maximum Gasteiger partial charge on any atom is 0.324 e. The summed E-state index contributed by atoms with van der Waals surface area (Å²) < 4.78 is 9.65. The van der Waals surface area contributed by atoms with E-state index in [0.29, 0.717) is 0 Å². The summed E-state index contributed by atoms with van der Waals surface area (Å²) in [6.45, 7) is 4.52. The molecule has 0 aliphatic heterocycles. The highest BCUT2D eigenvalue weighted by Gasteiger charge is 2.36. The molecule has 0 saturated carbocycles. The molecule has 4 N–H and O–H groups in total. The Balaban J connectivity index is 4.91. The summed E-state index contributed by atoms with van der Waals surface area (Å²) in [6.07, 6.45) is 32.3. The fourth-order valence-electron chi connectivity index (χ4n) is 6.07. The van der Waals surface area contributed by atoms with Gasteiger partial charge in [0.1, 0.15) is 12.1 Å². The van der Waals surface area contributed by atoms with Gasteiger partial charge in [0.25, 0.3) is 0 Å². The minimum Gasteiger partial charge on any atom is -0.468 e. The molecular weight excluding hydrogens is 629 g/mol. The molecule has 7 nitrogen and oxygen atoms in total. The summed E-state index contributed by atoms with van der Waals surface area (Å²) in [5.41, 5.74) is 12.2. The smallest absolute Gasteiger partial charge is 0.324 e. The minimum absolute atomic E-state index is 0.0261. The number of hydrogen-bond donors (Lipinski definition) is 2. The molecule has 1 unspecified atom stereocenters. The zero-order valence-electron chi connectivity index (χ0n) is 30.9. The number of rotatable bonds is 35. The fraction of sp³-hybridized carbons (Fsp3) is 0.921. The Morgan fingerprint density at radius 3 is 1.21 bits per heavy atom. The monoisotopic (exact) mass is 703 g/mol. The number of carbonyl (C=O) groups excluding carboxylic acids is 3. The lowest BCUT2D eigenvalue weighted by atomic mass is 9.87. The number of Topliss-reactive ketones (excluding diaryl/α,β-unsaturated/α-hetero) is 1. The molecule has 0 spiro atoms. The van der Waals surface area contributed by atoms with Gasteiger partial charge in [-0.3, -0.25) is 14.4 Å². The first kappa shape index (κ1) is 46.2. The van der Waals surface area contributed by atoms with Gasteiger partial charge in [0.2, 0.25) is 0 Å². The van der Waals surface area contributed by atoms with E-state index in [1.807, 2.05) is 0 Å². The molecule has 0 aliphatic carbocycles. The molecule has 0 aromatic carbocycles. The Bertz CT molecular complexity index is 730. The number of carbonyl (C=O) groups is 3. The first-order valence-electron chi connectivity index (χ1n) is 19.3. The first-order chi connectivity index (χ1) is 22.8. The number of ether oxygens (including phenoxy) is 2. The number of hydrogen-bond acceptors (Lipinski definition) is 9. The van der Waals surface area contributed by atoms with Crippen molar-refractivity contribution in [2.45, 2.75) is 198 Å². The van der Waals surface area contributed by atoms with Crippen molar-refractivity contribution in [3.05, 3.63) is 0 Å². The summed E-state index contributed by atoms with van der Waals surface area (Å²) in [4.78, 5) is 38.2. The van der Waals surface area contributed by atoms with Crippen LogP contribution in [0.1, 0.15) is 181 Å². The second kappa shape index (κ2) is 33.7. The third-order valence-electron chi connectivity index (χ3n) is 9.22. The molecule has 9 heteroatoms. The third kappa shape index (κ3) is 25.8. The van der Waals surface area contributed by atoms with E-state index >= 15 is 0 Å². The summed E-state index contributed by atoms with van der Waals surface area (Å²) in [6, 6.07) is -1.87. The van der Waals surface area contributed by atoms with E-state index in [-0.39, 0.29) is 17.5 Å². The molecule has 0 heterocycles. The Hall–Kier alpha value is -0.770. The topological polar surface area (TPSA) is 122 Å². The third-order valence-corrected chi connectivity index (χ3v) is 12.0. The number of unbranched alkanes of at least 4 members (excludes halogenated alkanes) is 22. The van der Waals surface area contributed by atoms with E-state index in [1.54, 1.807) is 0 Å². The van der Waals surface area contributed by atoms with Gasteiger partial charge < -0.3 is 20.9 Å². The van der Waals surface area contributed by atoms with Crippen molar-refractivity contribution in [1.82, 2.24) is 0 Å². The minimum atomic E-state index is -1.06. The second-order valence-electron chi connectivity index (χ2n) is 13.4. The van der Waals surface area contributed by atoms with Crippen LogP contribution in [0.4, 0.5) is 0 Å². The van der Waals surface area contributed by atoms with Gasteiger partial charge in [-0.05, 0) is 12.8 Å². The summed E-state index contributed by atoms with van der Waals surface area (Å²) in [5, 5.41) is -0.753. The Labute approximate surface area is 297 Å². The van der Waals surface area contributed by atoms with Crippen LogP contribution in [0.3, 0.4) is 0 Å². The van der Waals surface area contributed by atoms with Gasteiger partial charge in [-0.15, -0.1) is 0 Å². The van der Waals surface area contributed by atoms with Crippen LogP contribution in [-0.4, -0.2) is 55.0 Å². The van der Waals surface area contributed by atoms with Gasteiger partial charge in [0, 0.05) is 11.7 Å². The number of esters is 2. The molecule has 0 fully saturated rings. The fourth-order valence-corrected chi connectivity index (χ4v) is 8.86. The average molecular weight is 703 g/mol. The molecule has 0 bridgehead atoms. The molecule has 0 amide bonds. The molecule has 278 valence electrons. The van der Waals surface area contributed by atoms with Gasteiger partial charge in [-0.2, -0.15) is 0 Å². The van der Waals surface area contributed by atoms with E-state index in [0.717, 1.165) is 38.5 Å². The maximum absolute atomic E-state index is 14.0. The zero-order chi connectivity index (χ0) is 35.0. The molecule has 0 rings (SSSR count). The van der Waals surface area contributed by atoms with Crippen molar-refractivity contribution in [2.75, 3.05) is 20.0 Å². The molecule has 0 aromatic heterocycles. The molecule has 0 radical (unpaired) electrons. The summed E-state index contributed by atoms with van der Waals surface area (Å²) >= 11 is 0. The van der Waals surface area contributed by atoms with E-state index in [9.17, 15) is 14.4 Å². The van der Waals surface area contributed by atoms with Crippen molar-refractivity contribution in [2.24, 2.45) is 17.4 Å². The number of methoxy groups -OCH3 is 2. The van der Waals surface area contributed by atoms with Gasteiger partial charge in [-0.25, -0.2) is 0 Å². The number of ketones is 1. The lowest BCUT2D eigenvalue weighted by molar-refractivity contribution is -0.143. The molecule has 0 aromatic rings. The Morgan fingerprint density at radius 2 is 0.872 bits per heavy atom. The van der Waals surface area contributed by atoms with Crippen LogP contribution in [0.5, 0.6) is 0 Å². The molecule has 0 aliphatic rings. The van der Waals surface area contributed by atoms with Crippen LogP contribution in [0.25, 0.3) is 0 Å². The van der Waals surface area contributed by atoms with E-state index in [2.05, 4.69) is 13.8 Å². The van der Waals surface area contributed by atoms with E-state index in [1.165, 1.54) is 164 Å². The first-order valence-corrected chi connectivity index (χ1v) is 21.7. The van der Waals surface area contributed by atoms with Gasteiger partial charge in [0.05, 0.1) is 19.5 Å². The van der Waals surface area contributed by atoms with Crippen LogP contribution in [0.15, 0.2) is 0 Å². The van der Waals surface area contributed by atoms with E-state index in [4.69, 9.17) is 20.9 Å². The zero-order valence-corrected chi connectivity index (χ0v) is 32.5. The van der Waals surface area contributed by atoms with Gasteiger partial charge >= 0.3 is 11.9 Å². The van der Waals surface area contributed by atoms with Crippen molar-refractivity contribution in [3.63, 3.8) is 0 Å². The lowest BCUT2D eigenvalue weighted by Crippen LogP contribution is -2.47. The Morgan fingerprint density at radius 1 is 0.532 bits per heavy atom. The summed E-state index contributed by atoms with van der Waals surface area (Å²) in [7, 11) is 5.13. The van der Waals surface area contributed by atoms with Crippen molar-refractivity contribution < 1.29 is 23.9 Å². The second-order valence-corrected chi connectivity index (χ2v) is 16.0. The molecule has 3 atom stereocenters. The van der Waals surface area contributed by atoms with Crippen LogP contribution >= 0.6 is 21.6 Å². The van der Waals surface area contributed by atoms with Crippen molar-refractivity contribution in [3.8, 4) is 0 Å². The van der Waals surface area contributed by atoms with Crippen molar-refractivity contribution in [1.29, 1.82) is 0 Å². The normalized spacial score (nSPS) is 13.4. The van der Waals surface area contributed by atoms with Gasteiger partial charge in [0.15, 0.2) is 5.78 Å². The predicted molar refractivity (Wildman–Crippen MR) is 204 cm³/mol. The Kier molecular flexibility index (Phi) is 33.2. The van der Waals surface area contributed by atoms with Crippen LogP contribution in [-0.2, 0) is 23.9 Å². The SMILES string of the molecule is CCCCCCCCCCCCCCC(CCCCCCCCCCCCCC)C(=O)C(SSC[C@H](N)C(=O)OC)[C@H](N)C(=O)OC. The highest BCUT2D eigenvalue weighted by Crippen LogP contribution is 2.34. The molecular formula is C38H74N2O5S2. The predicted octanol–water partition coefficient (Wildman–Crippen LogP) is 10.1. The maximum atomic E-state index is 14.0. The van der Waals surface area contributed by atoms with Crippen LogP contribution in [0, 0.1) is 5.92 Å². The molecule has 47 heavy (non-hydrogen) atoms. The van der Waals surface area contributed by atoms with Crippen LogP contribution in [0.2, 0.25) is 0 Å². The highest BCUT2D eigenvalue weighted by atomic mass is 33.1. The summed E-state index contributed by atoms with van der Waals surface area (Å²) in [5.74, 6) is -0.947. The molecule has 0 saturated heterocycles. The highest BCUT2D eigenvalue weighted by molar-refractivity contribution is 8.77. The quantitative estimate of drug-likeness (QED) is 0.0377. The average Bonchev–Trinajstić information content (AvgIpc) is 3.08.